The SMILES string of the molecule is COc1ccnc(CS(=O)C2Nc3ccccc3N2OC(F)F)c1OC. The Hall–Kier alpha value is -2.46. The lowest BCUT2D eigenvalue weighted by Crippen LogP contribution is -2.41. The van der Waals surface area contributed by atoms with Crippen LogP contribution in [0.25, 0.3) is 0 Å². The maximum absolute atomic E-state index is 12.9. The van der Waals surface area contributed by atoms with Gasteiger partial charge in [-0.05, 0) is 12.1 Å². The first kappa shape index (κ1) is 18.3. The van der Waals surface area contributed by atoms with Crippen molar-refractivity contribution in [1.82, 2.24) is 4.98 Å². The van der Waals surface area contributed by atoms with Crippen LogP contribution >= 0.6 is 0 Å². The van der Waals surface area contributed by atoms with Gasteiger partial charge in [0.2, 0.25) is 5.50 Å². The third kappa shape index (κ3) is 3.56. The highest BCUT2D eigenvalue weighted by atomic mass is 32.2. The quantitative estimate of drug-likeness (QED) is 0.786. The van der Waals surface area contributed by atoms with E-state index in [2.05, 4.69) is 15.1 Å². The molecule has 2 heterocycles. The molecule has 26 heavy (non-hydrogen) atoms. The minimum atomic E-state index is -3.05. The van der Waals surface area contributed by atoms with Crippen LogP contribution in [0.5, 0.6) is 11.5 Å². The van der Waals surface area contributed by atoms with Crippen LogP contribution in [0.1, 0.15) is 5.69 Å². The number of benzene rings is 1. The van der Waals surface area contributed by atoms with Gasteiger partial charge in [-0.2, -0.15) is 8.78 Å². The van der Waals surface area contributed by atoms with E-state index in [1.54, 1.807) is 30.3 Å². The van der Waals surface area contributed by atoms with Gasteiger partial charge >= 0.3 is 6.61 Å². The fourth-order valence-corrected chi connectivity index (χ4v) is 3.91. The van der Waals surface area contributed by atoms with E-state index in [0.717, 1.165) is 5.06 Å². The molecular weight excluding hydrogens is 368 g/mol. The summed E-state index contributed by atoms with van der Waals surface area (Å²) in [7, 11) is 1.24. The highest BCUT2D eigenvalue weighted by Gasteiger charge is 2.36. The summed E-state index contributed by atoms with van der Waals surface area (Å²) in [4.78, 5) is 8.75. The van der Waals surface area contributed by atoms with E-state index in [1.807, 2.05) is 0 Å². The minimum absolute atomic E-state index is 0.0465. The molecule has 7 nitrogen and oxygen atoms in total. The van der Waals surface area contributed by atoms with Crippen LogP contribution < -0.4 is 19.9 Å². The van der Waals surface area contributed by atoms with Gasteiger partial charge in [0.1, 0.15) is 0 Å². The summed E-state index contributed by atoms with van der Waals surface area (Å²) in [6.45, 7) is -3.05. The predicted molar refractivity (Wildman–Crippen MR) is 92.6 cm³/mol. The molecule has 0 spiro atoms. The first-order valence-corrected chi connectivity index (χ1v) is 8.96. The first-order chi connectivity index (χ1) is 12.5. The number of anilines is 2. The van der Waals surface area contributed by atoms with Gasteiger partial charge in [0.15, 0.2) is 11.5 Å². The molecule has 3 rings (SSSR count). The number of aromatic nitrogens is 1. The lowest BCUT2D eigenvalue weighted by Gasteiger charge is -2.24. The number of halogens is 2. The summed E-state index contributed by atoms with van der Waals surface area (Å²) in [5.41, 5.74) is 0.327. The van der Waals surface area contributed by atoms with Gasteiger partial charge in [-0.1, -0.05) is 12.1 Å². The van der Waals surface area contributed by atoms with Gasteiger partial charge in [0, 0.05) is 12.3 Å². The molecule has 0 fully saturated rings. The maximum Gasteiger partial charge on any atom is 0.365 e. The Kier molecular flexibility index (Phi) is 5.52. The Balaban J connectivity index is 1.86. The molecule has 2 aromatic rings. The second-order valence-corrected chi connectivity index (χ2v) is 6.72. The standard InChI is InChI=1S/C16H17F2N3O4S/c1-23-13-7-8-19-11(14(13)24-2)9-26(22)16-20-10-5-3-4-6-12(10)21(16)25-15(17)18/h3-8,15-16,20H,9H2,1-2H3. The van der Waals surface area contributed by atoms with Crippen molar-refractivity contribution in [3.63, 3.8) is 0 Å². The van der Waals surface area contributed by atoms with Gasteiger partial charge in [-0.3, -0.25) is 9.19 Å². The van der Waals surface area contributed by atoms with Crippen molar-refractivity contribution in [1.29, 1.82) is 0 Å². The number of methoxy groups -OCH3 is 2. The summed E-state index contributed by atoms with van der Waals surface area (Å²) < 4.78 is 49.0. The van der Waals surface area contributed by atoms with Crippen molar-refractivity contribution in [2.45, 2.75) is 17.9 Å². The van der Waals surface area contributed by atoms with Crippen molar-refractivity contribution in [2.24, 2.45) is 0 Å². The van der Waals surface area contributed by atoms with Crippen LogP contribution in [0.4, 0.5) is 20.2 Å². The van der Waals surface area contributed by atoms with Crippen molar-refractivity contribution in [3.05, 3.63) is 42.2 Å². The molecule has 0 radical (unpaired) electrons. The highest BCUT2D eigenvalue weighted by molar-refractivity contribution is 7.85. The van der Waals surface area contributed by atoms with Gasteiger partial charge in [0.05, 0.1) is 47.8 Å². The summed E-state index contributed by atoms with van der Waals surface area (Å²) >= 11 is 0. The molecule has 0 amide bonds. The highest BCUT2D eigenvalue weighted by Crippen LogP contribution is 2.37. The Labute approximate surface area is 151 Å². The van der Waals surface area contributed by atoms with E-state index in [1.165, 1.54) is 20.4 Å². The zero-order chi connectivity index (χ0) is 18.7. The van der Waals surface area contributed by atoms with Crippen molar-refractivity contribution >= 4 is 22.2 Å². The number of rotatable bonds is 7. The molecule has 1 aliphatic heterocycles. The zero-order valence-corrected chi connectivity index (χ0v) is 14.8. The number of ether oxygens (including phenoxy) is 2. The number of para-hydroxylation sites is 2. The number of hydrogen-bond acceptors (Lipinski definition) is 7. The molecule has 1 N–H and O–H groups in total. The number of alkyl halides is 2. The summed E-state index contributed by atoms with van der Waals surface area (Å²) in [6.07, 6.45) is 1.50. The molecule has 1 aromatic carbocycles. The van der Waals surface area contributed by atoms with E-state index in [4.69, 9.17) is 9.47 Å². The molecule has 2 unspecified atom stereocenters. The van der Waals surface area contributed by atoms with E-state index in [-0.39, 0.29) is 5.75 Å². The summed E-state index contributed by atoms with van der Waals surface area (Å²) in [5.74, 6) is 0.743. The Bertz CT molecular complexity index is 809. The number of nitrogens with one attached hydrogen (secondary N) is 1. The minimum Gasteiger partial charge on any atom is -0.493 e. The predicted octanol–water partition coefficient (Wildman–Crippen LogP) is 2.72. The molecule has 2 atom stereocenters. The largest absolute Gasteiger partial charge is 0.493 e. The molecular formula is C16H17F2N3O4S. The fraction of sp³-hybridized carbons (Fsp3) is 0.312. The summed E-state index contributed by atoms with van der Waals surface area (Å²) in [5, 5.41) is 3.88. The van der Waals surface area contributed by atoms with E-state index in [0.29, 0.717) is 28.6 Å². The van der Waals surface area contributed by atoms with Crippen LogP contribution in [-0.4, -0.2) is 35.5 Å². The lowest BCUT2D eigenvalue weighted by molar-refractivity contribution is -0.139. The molecule has 1 aliphatic rings. The Morgan fingerprint density at radius 3 is 2.73 bits per heavy atom. The van der Waals surface area contributed by atoms with Crippen LogP contribution in [0, 0.1) is 0 Å². The van der Waals surface area contributed by atoms with Crippen LogP contribution in [0.15, 0.2) is 36.5 Å². The number of hydrogen-bond donors (Lipinski definition) is 1. The Morgan fingerprint density at radius 1 is 1.27 bits per heavy atom. The van der Waals surface area contributed by atoms with Gasteiger partial charge < -0.3 is 14.8 Å². The zero-order valence-electron chi connectivity index (χ0n) is 14.0. The summed E-state index contributed by atoms with van der Waals surface area (Å²) in [6, 6.07) is 8.33. The topological polar surface area (TPSA) is 72.9 Å². The van der Waals surface area contributed by atoms with Crippen LogP contribution in [0.3, 0.4) is 0 Å². The number of fused-ring (bicyclic) bond motifs is 1. The van der Waals surface area contributed by atoms with Gasteiger partial charge in [0.25, 0.3) is 0 Å². The van der Waals surface area contributed by atoms with Crippen molar-refractivity contribution in [3.8, 4) is 11.5 Å². The van der Waals surface area contributed by atoms with Crippen LogP contribution in [-0.2, 0) is 21.4 Å². The van der Waals surface area contributed by atoms with Gasteiger partial charge in [-0.15, -0.1) is 0 Å². The third-order valence-electron chi connectivity index (χ3n) is 3.72. The number of pyridine rings is 1. The molecule has 10 heteroatoms. The fourth-order valence-electron chi connectivity index (χ4n) is 2.64. The van der Waals surface area contributed by atoms with Gasteiger partial charge in [-0.25, -0.2) is 9.90 Å². The van der Waals surface area contributed by atoms with Crippen molar-refractivity contribution < 1.29 is 27.3 Å². The van der Waals surface area contributed by atoms with Crippen LogP contribution in [0.2, 0.25) is 0 Å². The molecule has 0 saturated carbocycles. The van der Waals surface area contributed by atoms with E-state index >= 15 is 0 Å². The van der Waals surface area contributed by atoms with E-state index < -0.39 is 22.9 Å². The van der Waals surface area contributed by atoms with Crippen molar-refractivity contribution in [2.75, 3.05) is 24.6 Å². The number of hydroxylamine groups is 1. The lowest BCUT2D eigenvalue weighted by atomic mass is 10.3. The molecule has 0 aliphatic carbocycles. The third-order valence-corrected chi connectivity index (χ3v) is 5.09. The maximum atomic E-state index is 12.9. The Morgan fingerprint density at radius 2 is 2.04 bits per heavy atom. The second-order valence-electron chi connectivity index (χ2n) is 5.22. The monoisotopic (exact) mass is 385 g/mol. The number of nitrogens with zero attached hydrogens (tertiary/aromatic N) is 2. The molecule has 1 aromatic heterocycles. The average molecular weight is 385 g/mol. The van der Waals surface area contributed by atoms with E-state index in [9.17, 15) is 13.0 Å². The smallest absolute Gasteiger partial charge is 0.365 e. The second kappa shape index (κ2) is 7.83. The molecule has 0 bridgehead atoms. The normalized spacial score (nSPS) is 17.0. The average Bonchev–Trinajstić information content (AvgIpc) is 2.99. The first-order valence-electron chi connectivity index (χ1n) is 7.58. The molecule has 0 saturated heterocycles. The molecule has 140 valence electrons.